The molecular weight excluding hydrogens is 336 g/mol. The first kappa shape index (κ1) is 16.2. The molecule has 4 rings (SSSR count). The molecule has 1 aliphatic rings. The largest absolute Gasteiger partial charge is 0.451 e. The summed E-state index contributed by atoms with van der Waals surface area (Å²) in [5, 5.41) is 1.51. The van der Waals surface area contributed by atoms with E-state index in [-0.39, 0.29) is 5.91 Å². The van der Waals surface area contributed by atoms with E-state index in [9.17, 15) is 4.79 Å². The molecule has 1 aliphatic heterocycles. The highest BCUT2D eigenvalue weighted by atomic mass is 35.5. The third-order valence-corrected chi connectivity index (χ3v) is 4.98. The van der Waals surface area contributed by atoms with Gasteiger partial charge in [-0.15, -0.1) is 0 Å². The van der Waals surface area contributed by atoms with E-state index in [2.05, 4.69) is 24.3 Å². The Morgan fingerprint density at radius 1 is 1.08 bits per heavy atom. The Kier molecular flexibility index (Phi) is 4.47. The van der Waals surface area contributed by atoms with Crippen molar-refractivity contribution in [3.8, 4) is 0 Å². The average molecular weight is 356 g/mol. The average Bonchev–Trinajstić information content (AvgIpc) is 3.06. The monoisotopic (exact) mass is 355 g/mol. The number of hydrogen-bond acceptors (Lipinski definition) is 2. The number of nitrogens with one attached hydrogen (secondary N) is 1. The van der Waals surface area contributed by atoms with Crippen LogP contribution in [0.15, 0.2) is 59.0 Å². The van der Waals surface area contributed by atoms with Gasteiger partial charge in [0, 0.05) is 16.0 Å². The summed E-state index contributed by atoms with van der Waals surface area (Å²) in [5.74, 6) is 0.356. The molecule has 0 unspecified atom stereocenters. The highest BCUT2D eigenvalue weighted by Gasteiger charge is 2.26. The van der Waals surface area contributed by atoms with Crippen molar-refractivity contribution in [2.24, 2.45) is 0 Å². The zero-order valence-electron chi connectivity index (χ0n) is 13.9. The van der Waals surface area contributed by atoms with Gasteiger partial charge in [0.15, 0.2) is 5.76 Å². The first-order valence-electron chi connectivity index (χ1n) is 8.55. The van der Waals surface area contributed by atoms with Crippen LogP contribution in [-0.4, -0.2) is 37.0 Å². The fourth-order valence-electron chi connectivity index (χ4n) is 3.36. The van der Waals surface area contributed by atoms with Gasteiger partial charge in [-0.25, -0.2) is 0 Å². The lowest BCUT2D eigenvalue weighted by atomic mass is 10.2. The summed E-state index contributed by atoms with van der Waals surface area (Å²) in [6, 6.07) is 17.7. The molecule has 128 valence electrons. The van der Waals surface area contributed by atoms with Gasteiger partial charge < -0.3 is 14.2 Å². The van der Waals surface area contributed by atoms with Crippen LogP contribution in [0, 0.1) is 0 Å². The van der Waals surface area contributed by atoms with E-state index in [1.54, 1.807) is 18.2 Å². The second kappa shape index (κ2) is 6.90. The summed E-state index contributed by atoms with van der Waals surface area (Å²) >= 11 is 6.00. The van der Waals surface area contributed by atoms with Crippen molar-refractivity contribution in [1.29, 1.82) is 0 Å². The van der Waals surface area contributed by atoms with Crippen molar-refractivity contribution < 1.29 is 14.1 Å². The minimum atomic E-state index is -0.0360. The van der Waals surface area contributed by atoms with Crippen LogP contribution in [-0.2, 0) is 6.54 Å². The van der Waals surface area contributed by atoms with Gasteiger partial charge in [0.25, 0.3) is 5.91 Å². The van der Waals surface area contributed by atoms with Crippen molar-refractivity contribution in [2.45, 2.75) is 6.54 Å². The van der Waals surface area contributed by atoms with Gasteiger partial charge in [-0.05, 0) is 24.3 Å². The molecule has 0 bridgehead atoms. The van der Waals surface area contributed by atoms with E-state index in [0.29, 0.717) is 16.4 Å². The van der Waals surface area contributed by atoms with Crippen LogP contribution in [0.2, 0.25) is 5.02 Å². The molecule has 4 nitrogen and oxygen atoms in total. The van der Waals surface area contributed by atoms with E-state index in [0.717, 1.165) is 38.1 Å². The Balaban J connectivity index is 1.40. The first-order valence-corrected chi connectivity index (χ1v) is 8.93. The quantitative estimate of drug-likeness (QED) is 0.784. The number of amides is 1. The number of furan rings is 1. The van der Waals surface area contributed by atoms with Crippen LogP contribution in [0.25, 0.3) is 11.0 Å². The predicted molar refractivity (Wildman–Crippen MR) is 98.0 cm³/mol. The van der Waals surface area contributed by atoms with Gasteiger partial charge in [0.05, 0.1) is 26.2 Å². The standard InChI is InChI=1S/C20H19ClN2O2/c21-17-6-7-18-16(12-17)13-19(25-18)20(24)23-10-8-22(9-11-23)14-15-4-2-1-3-5-15/h1-7,12-13H,8-11,14H2/p+1. The summed E-state index contributed by atoms with van der Waals surface area (Å²) in [6.07, 6.45) is 0. The number of nitrogens with zero attached hydrogens (tertiary/aromatic N) is 1. The summed E-state index contributed by atoms with van der Waals surface area (Å²) in [6.45, 7) is 4.41. The molecule has 3 aromatic rings. The van der Waals surface area contributed by atoms with Crippen LogP contribution < -0.4 is 4.90 Å². The van der Waals surface area contributed by atoms with Gasteiger partial charge >= 0.3 is 0 Å². The summed E-state index contributed by atoms with van der Waals surface area (Å²) < 4.78 is 5.70. The van der Waals surface area contributed by atoms with E-state index in [4.69, 9.17) is 16.0 Å². The molecule has 0 saturated carbocycles. The van der Waals surface area contributed by atoms with E-state index in [1.807, 2.05) is 17.0 Å². The zero-order chi connectivity index (χ0) is 17.2. The van der Waals surface area contributed by atoms with Crippen LogP contribution in [0.1, 0.15) is 16.1 Å². The second-order valence-corrected chi connectivity index (χ2v) is 6.93. The lowest BCUT2D eigenvalue weighted by Crippen LogP contribution is -3.13. The highest BCUT2D eigenvalue weighted by Crippen LogP contribution is 2.23. The predicted octanol–water partition coefficient (Wildman–Crippen LogP) is 2.63. The number of rotatable bonds is 3. The first-order chi connectivity index (χ1) is 12.2. The molecule has 1 N–H and O–H groups in total. The van der Waals surface area contributed by atoms with E-state index >= 15 is 0 Å². The third-order valence-electron chi connectivity index (χ3n) is 4.74. The van der Waals surface area contributed by atoms with Gasteiger partial charge in [-0.1, -0.05) is 41.9 Å². The lowest BCUT2D eigenvalue weighted by Gasteiger charge is -2.31. The SMILES string of the molecule is O=C(c1cc2cc(Cl)ccc2o1)N1CC[NH+](Cc2ccccc2)CC1. The Morgan fingerprint density at radius 3 is 2.60 bits per heavy atom. The molecule has 1 saturated heterocycles. The topological polar surface area (TPSA) is 37.9 Å². The Labute approximate surface area is 151 Å². The molecule has 0 radical (unpaired) electrons. The third kappa shape index (κ3) is 3.55. The number of hydrogen-bond donors (Lipinski definition) is 1. The second-order valence-electron chi connectivity index (χ2n) is 6.50. The number of carbonyl (C=O) groups excluding carboxylic acids is 1. The molecule has 0 spiro atoms. The van der Waals surface area contributed by atoms with Crippen molar-refractivity contribution in [3.05, 3.63) is 70.9 Å². The van der Waals surface area contributed by atoms with Crippen LogP contribution in [0.5, 0.6) is 0 Å². The minimum absolute atomic E-state index is 0.0360. The van der Waals surface area contributed by atoms with E-state index < -0.39 is 0 Å². The molecule has 1 aromatic heterocycles. The summed E-state index contributed by atoms with van der Waals surface area (Å²) in [4.78, 5) is 16.1. The molecule has 2 aromatic carbocycles. The molecule has 2 heterocycles. The lowest BCUT2D eigenvalue weighted by molar-refractivity contribution is -0.917. The Bertz CT molecular complexity index is 883. The number of piperazine rings is 1. The highest BCUT2D eigenvalue weighted by molar-refractivity contribution is 6.31. The number of benzene rings is 2. The zero-order valence-corrected chi connectivity index (χ0v) is 14.6. The summed E-state index contributed by atoms with van der Waals surface area (Å²) in [5.41, 5.74) is 2.03. The number of halogens is 1. The van der Waals surface area contributed by atoms with Crippen molar-refractivity contribution >= 4 is 28.5 Å². The van der Waals surface area contributed by atoms with Crippen molar-refractivity contribution in [1.82, 2.24) is 4.90 Å². The van der Waals surface area contributed by atoms with Gasteiger partial charge in [-0.3, -0.25) is 4.79 Å². The van der Waals surface area contributed by atoms with Crippen LogP contribution in [0.3, 0.4) is 0 Å². The maximum atomic E-state index is 12.7. The van der Waals surface area contributed by atoms with Crippen molar-refractivity contribution in [3.63, 3.8) is 0 Å². The summed E-state index contributed by atoms with van der Waals surface area (Å²) in [7, 11) is 0. The molecule has 5 heteroatoms. The Morgan fingerprint density at radius 2 is 1.84 bits per heavy atom. The number of carbonyl (C=O) groups is 1. The fraction of sp³-hybridized carbons (Fsp3) is 0.250. The van der Waals surface area contributed by atoms with Gasteiger partial charge in [-0.2, -0.15) is 0 Å². The fourth-order valence-corrected chi connectivity index (χ4v) is 3.54. The maximum Gasteiger partial charge on any atom is 0.290 e. The van der Waals surface area contributed by atoms with Crippen LogP contribution in [0.4, 0.5) is 0 Å². The molecule has 1 fully saturated rings. The molecular formula is C20H20ClN2O2+. The Hall–Kier alpha value is -2.30. The number of fused-ring (bicyclic) bond motifs is 1. The molecule has 0 atom stereocenters. The molecule has 0 aliphatic carbocycles. The maximum absolute atomic E-state index is 12.7. The normalized spacial score (nSPS) is 15.6. The van der Waals surface area contributed by atoms with E-state index in [1.165, 1.54) is 10.5 Å². The molecule has 1 amide bonds. The minimum Gasteiger partial charge on any atom is -0.451 e. The van der Waals surface area contributed by atoms with Gasteiger partial charge in [0.2, 0.25) is 0 Å². The van der Waals surface area contributed by atoms with Gasteiger partial charge in [0.1, 0.15) is 12.1 Å². The molecule has 25 heavy (non-hydrogen) atoms. The van der Waals surface area contributed by atoms with Crippen LogP contribution >= 0.6 is 11.6 Å². The van der Waals surface area contributed by atoms with Crippen molar-refractivity contribution in [2.75, 3.05) is 26.2 Å². The smallest absolute Gasteiger partial charge is 0.290 e. The number of quaternary nitrogens is 1.